The summed E-state index contributed by atoms with van der Waals surface area (Å²) in [4.78, 5) is 23.9. The Hall–Kier alpha value is -1.97. The largest absolute Gasteiger partial charge is 0.465 e. The molecule has 0 unspecified atom stereocenters. The summed E-state index contributed by atoms with van der Waals surface area (Å²) in [6.45, 7) is 3.92. The molecule has 2 aliphatic heterocycles. The topological polar surface area (TPSA) is 109 Å². The molecule has 0 radical (unpaired) electrons. The number of rotatable bonds is 3. The van der Waals surface area contributed by atoms with E-state index in [-0.39, 0.29) is 17.4 Å². The van der Waals surface area contributed by atoms with Crippen LogP contribution in [0, 0.1) is 0 Å². The molecule has 9 heteroatoms. The van der Waals surface area contributed by atoms with E-state index >= 15 is 0 Å². The third-order valence-corrected chi connectivity index (χ3v) is 3.81. The maximum Gasteiger partial charge on any atom is 0.359 e. The third-order valence-electron chi connectivity index (χ3n) is 3.81. The molecule has 1 N–H and O–H groups in total. The van der Waals surface area contributed by atoms with Crippen molar-refractivity contribution in [1.29, 1.82) is 0 Å². The van der Waals surface area contributed by atoms with Crippen molar-refractivity contribution in [3.05, 3.63) is 17.0 Å². The number of ether oxygens (including phenoxy) is 5. The fraction of sp³-hybridized carbons (Fsp3) is 0.643. The van der Waals surface area contributed by atoms with Crippen LogP contribution >= 0.6 is 0 Å². The van der Waals surface area contributed by atoms with Gasteiger partial charge >= 0.3 is 11.9 Å². The number of H-pyrrole nitrogens is 1. The minimum atomic E-state index is -0.744. The molecule has 1 aromatic heterocycles. The Kier molecular flexibility index (Phi) is 3.86. The van der Waals surface area contributed by atoms with Crippen LogP contribution in [0.1, 0.15) is 46.5 Å². The number of methoxy groups -OCH3 is 2. The number of hydrogen-bond acceptors (Lipinski definition) is 8. The molecule has 2 fully saturated rings. The van der Waals surface area contributed by atoms with Gasteiger partial charge in [-0.15, -0.1) is 0 Å². The number of hydrogen-bond donors (Lipinski definition) is 1. The fourth-order valence-corrected chi connectivity index (χ4v) is 2.90. The maximum atomic E-state index is 12.1. The molecule has 126 valence electrons. The first-order valence-corrected chi connectivity index (χ1v) is 7.10. The standard InChI is InChI=1S/C14H18N2O7/c1-14(2)22-6-5-21-11(10(6)23-14)8-7(12(17)19-3)9(16-15-8)13(18)20-4/h6,10-11H,5H2,1-4H3,(H,15,16)/t6-,10-,11-/m1/s1. The van der Waals surface area contributed by atoms with E-state index < -0.39 is 29.9 Å². The van der Waals surface area contributed by atoms with E-state index in [1.54, 1.807) is 13.8 Å². The van der Waals surface area contributed by atoms with Crippen molar-refractivity contribution < 1.29 is 33.3 Å². The lowest BCUT2D eigenvalue weighted by atomic mass is 10.0. The van der Waals surface area contributed by atoms with Crippen molar-refractivity contribution in [3.63, 3.8) is 0 Å². The van der Waals surface area contributed by atoms with Gasteiger partial charge in [-0.1, -0.05) is 0 Å². The smallest absolute Gasteiger partial charge is 0.359 e. The zero-order chi connectivity index (χ0) is 16.8. The Morgan fingerprint density at radius 2 is 1.91 bits per heavy atom. The Morgan fingerprint density at radius 3 is 2.57 bits per heavy atom. The first-order chi connectivity index (χ1) is 10.9. The molecule has 0 amide bonds. The minimum absolute atomic E-state index is 0.0155. The number of aromatic amines is 1. The summed E-state index contributed by atoms with van der Waals surface area (Å²) in [5, 5.41) is 6.55. The van der Waals surface area contributed by atoms with E-state index in [9.17, 15) is 9.59 Å². The van der Waals surface area contributed by atoms with Crippen molar-refractivity contribution in [2.45, 2.75) is 37.9 Å². The molecule has 0 saturated carbocycles. The molecule has 9 nitrogen and oxygen atoms in total. The van der Waals surface area contributed by atoms with E-state index in [4.69, 9.17) is 18.9 Å². The lowest BCUT2D eigenvalue weighted by molar-refractivity contribution is -0.176. The summed E-state index contributed by atoms with van der Waals surface area (Å²) in [6.07, 6.45) is -1.30. The van der Waals surface area contributed by atoms with E-state index in [2.05, 4.69) is 14.9 Å². The molecule has 3 atom stereocenters. The van der Waals surface area contributed by atoms with Gasteiger partial charge in [-0.3, -0.25) is 5.10 Å². The van der Waals surface area contributed by atoms with Crippen LogP contribution in [0.15, 0.2) is 0 Å². The average Bonchev–Trinajstić information content (AvgIpc) is 3.16. The number of esters is 2. The zero-order valence-electron chi connectivity index (χ0n) is 13.2. The van der Waals surface area contributed by atoms with Crippen LogP contribution in [0.4, 0.5) is 0 Å². The molecule has 23 heavy (non-hydrogen) atoms. The molecule has 3 heterocycles. The molecule has 1 aromatic rings. The highest BCUT2D eigenvalue weighted by atomic mass is 16.8. The monoisotopic (exact) mass is 326 g/mol. The van der Waals surface area contributed by atoms with Crippen molar-refractivity contribution in [3.8, 4) is 0 Å². The predicted octanol–water partition coefficient (Wildman–Crippen LogP) is 0.574. The lowest BCUT2D eigenvalue weighted by Crippen LogP contribution is -2.26. The highest BCUT2D eigenvalue weighted by Crippen LogP contribution is 2.42. The van der Waals surface area contributed by atoms with Gasteiger partial charge in [0.25, 0.3) is 0 Å². The van der Waals surface area contributed by atoms with Gasteiger partial charge in [-0.2, -0.15) is 5.10 Å². The van der Waals surface area contributed by atoms with Gasteiger partial charge in [0, 0.05) is 0 Å². The second-order valence-corrected chi connectivity index (χ2v) is 5.74. The van der Waals surface area contributed by atoms with Crippen LogP contribution in [0.25, 0.3) is 0 Å². The lowest BCUT2D eigenvalue weighted by Gasteiger charge is -2.21. The summed E-state index contributed by atoms with van der Waals surface area (Å²) in [5.41, 5.74) is 0.143. The predicted molar refractivity (Wildman–Crippen MR) is 73.8 cm³/mol. The van der Waals surface area contributed by atoms with E-state index in [1.807, 2.05) is 0 Å². The summed E-state index contributed by atoms with van der Waals surface area (Å²) < 4.78 is 26.6. The normalized spacial score (nSPS) is 28.4. The Balaban J connectivity index is 1.98. The van der Waals surface area contributed by atoms with Gasteiger partial charge in [-0.25, -0.2) is 9.59 Å². The van der Waals surface area contributed by atoms with Gasteiger partial charge in [0.2, 0.25) is 0 Å². The van der Waals surface area contributed by atoms with Crippen LogP contribution in [-0.2, 0) is 23.7 Å². The maximum absolute atomic E-state index is 12.1. The van der Waals surface area contributed by atoms with Crippen molar-refractivity contribution in [2.24, 2.45) is 0 Å². The SMILES string of the molecule is COC(=O)c1n[nH]c([C@H]2OC[C@H]3OC(C)(C)O[C@@H]23)c1C(=O)OC. The number of fused-ring (bicyclic) bond motifs is 1. The minimum Gasteiger partial charge on any atom is -0.465 e. The first kappa shape index (κ1) is 15.9. The van der Waals surface area contributed by atoms with Gasteiger partial charge < -0.3 is 23.7 Å². The van der Waals surface area contributed by atoms with Gasteiger partial charge in [-0.05, 0) is 13.8 Å². The molecular formula is C14H18N2O7. The second-order valence-electron chi connectivity index (χ2n) is 5.74. The van der Waals surface area contributed by atoms with Crippen LogP contribution in [-0.4, -0.2) is 61.0 Å². The van der Waals surface area contributed by atoms with E-state index in [0.29, 0.717) is 12.3 Å². The van der Waals surface area contributed by atoms with Crippen LogP contribution < -0.4 is 0 Å². The molecule has 0 bridgehead atoms. The summed E-state index contributed by atoms with van der Waals surface area (Å²) in [5.74, 6) is -2.20. The summed E-state index contributed by atoms with van der Waals surface area (Å²) in [7, 11) is 2.42. The Labute approximate surface area is 132 Å². The van der Waals surface area contributed by atoms with Crippen LogP contribution in [0.5, 0.6) is 0 Å². The van der Waals surface area contributed by atoms with E-state index in [0.717, 1.165) is 0 Å². The molecule has 0 spiro atoms. The van der Waals surface area contributed by atoms with Crippen molar-refractivity contribution >= 4 is 11.9 Å². The van der Waals surface area contributed by atoms with Gasteiger partial charge in [0.1, 0.15) is 23.9 Å². The van der Waals surface area contributed by atoms with Gasteiger partial charge in [0.05, 0.1) is 26.5 Å². The number of nitrogens with zero attached hydrogens (tertiary/aromatic N) is 1. The average molecular weight is 326 g/mol. The molecule has 2 aliphatic rings. The van der Waals surface area contributed by atoms with Crippen LogP contribution in [0.3, 0.4) is 0 Å². The van der Waals surface area contributed by atoms with Gasteiger partial charge in [0.15, 0.2) is 11.5 Å². The summed E-state index contributed by atoms with van der Waals surface area (Å²) in [6, 6.07) is 0. The third kappa shape index (κ3) is 2.60. The van der Waals surface area contributed by atoms with E-state index in [1.165, 1.54) is 14.2 Å². The highest BCUT2D eigenvalue weighted by Gasteiger charge is 2.52. The van der Waals surface area contributed by atoms with Crippen molar-refractivity contribution in [1.82, 2.24) is 10.2 Å². The quantitative estimate of drug-likeness (QED) is 0.803. The molecule has 0 aromatic carbocycles. The fourth-order valence-electron chi connectivity index (χ4n) is 2.90. The molecule has 0 aliphatic carbocycles. The summed E-state index contributed by atoms with van der Waals surface area (Å²) >= 11 is 0. The highest BCUT2D eigenvalue weighted by molar-refractivity contribution is 6.02. The van der Waals surface area contributed by atoms with Crippen molar-refractivity contribution in [2.75, 3.05) is 20.8 Å². The molecule has 2 saturated heterocycles. The first-order valence-electron chi connectivity index (χ1n) is 7.10. The number of carbonyl (C=O) groups excluding carboxylic acids is 2. The molecular weight excluding hydrogens is 308 g/mol. The zero-order valence-corrected chi connectivity index (χ0v) is 13.2. The number of carbonyl (C=O) groups is 2. The Bertz CT molecular complexity index is 639. The second kappa shape index (κ2) is 5.59. The molecule has 3 rings (SSSR count). The van der Waals surface area contributed by atoms with Crippen LogP contribution in [0.2, 0.25) is 0 Å². The number of nitrogens with one attached hydrogen (secondary N) is 1. The Morgan fingerprint density at radius 1 is 1.22 bits per heavy atom. The number of aromatic nitrogens is 2.